The van der Waals surface area contributed by atoms with Crippen molar-refractivity contribution in [3.05, 3.63) is 30.1 Å². The second-order valence-corrected chi connectivity index (χ2v) is 5.43. The summed E-state index contributed by atoms with van der Waals surface area (Å²) < 4.78 is 5.39. The van der Waals surface area contributed by atoms with Crippen LogP contribution < -0.4 is 10.6 Å². The standard InChI is InChI=1S/C14H17N3O3/c18-12(10-3-2-6-15-8-10)17-11-4-1-5-14(7-11)9-16-13(19)20-14/h2-3,6,8,11H,1,4-5,7,9H2,(H,16,19)(H,17,18). The highest BCUT2D eigenvalue weighted by molar-refractivity contribution is 5.94. The molecule has 2 atom stereocenters. The normalized spacial score (nSPS) is 28.8. The molecule has 3 rings (SSSR count). The van der Waals surface area contributed by atoms with Crippen molar-refractivity contribution in [3.63, 3.8) is 0 Å². The third kappa shape index (κ3) is 2.59. The van der Waals surface area contributed by atoms with Crippen LogP contribution in [0.4, 0.5) is 4.79 Å². The number of aromatic nitrogens is 1. The Morgan fingerprint density at radius 2 is 2.45 bits per heavy atom. The van der Waals surface area contributed by atoms with Gasteiger partial charge in [0.1, 0.15) is 5.60 Å². The third-order valence-corrected chi connectivity index (χ3v) is 3.93. The van der Waals surface area contributed by atoms with Crippen LogP contribution in [0.1, 0.15) is 36.0 Å². The van der Waals surface area contributed by atoms with E-state index in [4.69, 9.17) is 4.74 Å². The van der Waals surface area contributed by atoms with Gasteiger partial charge < -0.3 is 15.4 Å². The molecular weight excluding hydrogens is 258 g/mol. The van der Waals surface area contributed by atoms with Crippen LogP contribution in [0.3, 0.4) is 0 Å². The molecule has 2 fully saturated rings. The number of amides is 2. The summed E-state index contributed by atoms with van der Waals surface area (Å²) in [6, 6.07) is 3.50. The zero-order valence-electron chi connectivity index (χ0n) is 11.1. The second kappa shape index (κ2) is 5.11. The van der Waals surface area contributed by atoms with Gasteiger partial charge in [0.05, 0.1) is 12.1 Å². The lowest BCUT2D eigenvalue weighted by atomic mass is 9.82. The van der Waals surface area contributed by atoms with Crippen molar-refractivity contribution in [3.8, 4) is 0 Å². The lowest BCUT2D eigenvalue weighted by Gasteiger charge is -2.35. The van der Waals surface area contributed by atoms with Crippen molar-refractivity contribution in [2.75, 3.05) is 6.54 Å². The number of rotatable bonds is 2. The summed E-state index contributed by atoms with van der Waals surface area (Å²) in [5.41, 5.74) is 0.107. The minimum Gasteiger partial charge on any atom is -0.441 e. The van der Waals surface area contributed by atoms with Crippen LogP contribution in [0.5, 0.6) is 0 Å². The van der Waals surface area contributed by atoms with Gasteiger partial charge in [-0.05, 0) is 31.4 Å². The Balaban J connectivity index is 1.63. The van der Waals surface area contributed by atoms with Gasteiger partial charge in [-0.2, -0.15) is 0 Å². The summed E-state index contributed by atoms with van der Waals surface area (Å²) in [4.78, 5) is 27.3. The third-order valence-electron chi connectivity index (χ3n) is 3.93. The smallest absolute Gasteiger partial charge is 0.407 e. The molecule has 1 aromatic rings. The van der Waals surface area contributed by atoms with Gasteiger partial charge in [-0.3, -0.25) is 9.78 Å². The van der Waals surface area contributed by atoms with Crippen LogP contribution in [0.2, 0.25) is 0 Å². The Morgan fingerprint density at radius 1 is 1.55 bits per heavy atom. The van der Waals surface area contributed by atoms with E-state index >= 15 is 0 Å². The number of nitrogens with zero attached hydrogens (tertiary/aromatic N) is 1. The van der Waals surface area contributed by atoms with Gasteiger partial charge in [0.2, 0.25) is 0 Å². The fraction of sp³-hybridized carbons (Fsp3) is 0.500. The molecule has 0 aromatic carbocycles. The molecule has 2 N–H and O–H groups in total. The van der Waals surface area contributed by atoms with Gasteiger partial charge >= 0.3 is 6.09 Å². The Kier molecular flexibility index (Phi) is 3.30. The summed E-state index contributed by atoms with van der Waals surface area (Å²) >= 11 is 0. The number of nitrogens with one attached hydrogen (secondary N) is 2. The van der Waals surface area contributed by atoms with Gasteiger partial charge in [-0.15, -0.1) is 0 Å². The van der Waals surface area contributed by atoms with Crippen LogP contribution in [-0.4, -0.2) is 35.2 Å². The fourth-order valence-corrected chi connectivity index (χ4v) is 2.97. The van der Waals surface area contributed by atoms with Gasteiger partial charge in [0.15, 0.2) is 0 Å². The van der Waals surface area contributed by atoms with Crippen LogP contribution in [-0.2, 0) is 4.74 Å². The van der Waals surface area contributed by atoms with E-state index in [2.05, 4.69) is 15.6 Å². The highest BCUT2D eigenvalue weighted by Crippen LogP contribution is 2.34. The molecule has 1 spiro atoms. The largest absolute Gasteiger partial charge is 0.441 e. The predicted octanol–water partition coefficient (Wildman–Crippen LogP) is 1.23. The first-order chi connectivity index (χ1) is 9.67. The number of hydrogen-bond acceptors (Lipinski definition) is 4. The van der Waals surface area contributed by atoms with Crippen molar-refractivity contribution in [2.45, 2.75) is 37.3 Å². The molecule has 0 bridgehead atoms. The lowest BCUT2D eigenvalue weighted by Crippen LogP contribution is -2.47. The molecule has 1 saturated heterocycles. The van der Waals surface area contributed by atoms with E-state index in [0.717, 1.165) is 19.3 Å². The zero-order valence-corrected chi connectivity index (χ0v) is 11.1. The number of carbonyl (C=O) groups is 2. The molecule has 20 heavy (non-hydrogen) atoms. The van der Waals surface area contributed by atoms with Crippen LogP contribution >= 0.6 is 0 Å². The highest BCUT2D eigenvalue weighted by Gasteiger charge is 2.44. The maximum atomic E-state index is 12.1. The molecule has 2 heterocycles. The van der Waals surface area contributed by atoms with Crippen molar-refractivity contribution in [1.29, 1.82) is 0 Å². The van der Waals surface area contributed by atoms with Crippen LogP contribution in [0, 0.1) is 0 Å². The number of carbonyl (C=O) groups excluding carboxylic acids is 2. The van der Waals surface area contributed by atoms with Crippen LogP contribution in [0.15, 0.2) is 24.5 Å². The summed E-state index contributed by atoms with van der Waals surface area (Å²) in [5, 5.41) is 5.70. The average molecular weight is 275 g/mol. The number of pyridine rings is 1. The predicted molar refractivity (Wildman–Crippen MR) is 71.2 cm³/mol. The van der Waals surface area contributed by atoms with Crippen molar-refractivity contribution >= 4 is 12.0 Å². The maximum absolute atomic E-state index is 12.1. The molecule has 106 valence electrons. The summed E-state index contributed by atoms with van der Waals surface area (Å²) in [5.74, 6) is -0.127. The molecule has 1 saturated carbocycles. The number of ether oxygens (including phenoxy) is 1. The molecule has 1 aliphatic heterocycles. The van der Waals surface area contributed by atoms with Gasteiger partial charge in [0, 0.05) is 24.9 Å². The number of alkyl carbamates (subject to hydrolysis) is 1. The quantitative estimate of drug-likeness (QED) is 0.850. The summed E-state index contributed by atoms with van der Waals surface area (Å²) in [7, 11) is 0. The topological polar surface area (TPSA) is 80.3 Å². The average Bonchev–Trinajstić information content (AvgIpc) is 2.80. The molecular formula is C14H17N3O3. The molecule has 1 aromatic heterocycles. The SMILES string of the molecule is O=C1NCC2(CCCC(NC(=O)c3cccnc3)C2)O1. The Bertz CT molecular complexity index is 520. The van der Waals surface area contributed by atoms with Gasteiger partial charge in [0.25, 0.3) is 5.91 Å². The van der Waals surface area contributed by atoms with Crippen molar-refractivity contribution < 1.29 is 14.3 Å². The number of hydrogen-bond donors (Lipinski definition) is 2. The molecule has 0 radical (unpaired) electrons. The van der Waals surface area contributed by atoms with E-state index in [1.807, 2.05) is 0 Å². The molecule has 6 heteroatoms. The first-order valence-corrected chi connectivity index (χ1v) is 6.85. The molecule has 2 unspecified atom stereocenters. The monoisotopic (exact) mass is 275 g/mol. The van der Waals surface area contributed by atoms with E-state index in [9.17, 15) is 9.59 Å². The van der Waals surface area contributed by atoms with E-state index in [0.29, 0.717) is 18.5 Å². The molecule has 1 aliphatic carbocycles. The molecule has 2 aliphatic rings. The minimum atomic E-state index is -0.442. The van der Waals surface area contributed by atoms with E-state index in [1.165, 1.54) is 0 Å². The fourth-order valence-electron chi connectivity index (χ4n) is 2.97. The Morgan fingerprint density at radius 3 is 3.15 bits per heavy atom. The maximum Gasteiger partial charge on any atom is 0.407 e. The van der Waals surface area contributed by atoms with E-state index < -0.39 is 5.60 Å². The highest BCUT2D eigenvalue weighted by atomic mass is 16.6. The Hall–Kier alpha value is -2.11. The van der Waals surface area contributed by atoms with E-state index in [1.54, 1.807) is 24.5 Å². The summed E-state index contributed by atoms with van der Waals surface area (Å²) in [6.07, 6.45) is 6.19. The first kappa shape index (κ1) is 12.9. The minimum absolute atomic E-state index is 0.0316. The molecule has 2 amide bonds. The summed E-state index contributed by atoms with van der Waals surface area (Å²) in [6.45, 7) is 0.533. The molecule has 6 nitrogen and oxygen atoms in total. The van der Waals surface area contributed by atoms with Crippen LogP contribution in [0.25, 0.3) is 0 Å². The van der Waals surface area contributed by atoms with Crippen molar-refractivity contribution in [2.24, 2.45) is 0 Å². The first-order valence-electron chi connectivity index (χ1n) is 6.85. The Labute approximate surface area is 116 Å². The van der Waals surface area contributed by atoms with Gasteiger partial charge in [-0.25, -0.2) is 4.79 Å². The second-order valence-electron chi connectivity index (χ2n) is 5.43. The lowest BCUT2D eigenvalue weighted by molar-refractivity contribution is 0.0155. The zero-order chi connectivity index (χ0) is 14.0. The van der Waals surface area contributed by atoms with E-state index in [-0.39, 0.29) is 18.0 Å². The van der Waals surface area contributed by atoms with Gasteiger partial charge in [-0.1, -0.05) is 0 Å². The van der Waals surface area contributed by atoms with Crippen molar-refractivity contribution in [1.82, 2.24) is 15.6 Å².